The summed E-state index contributed by atoms with van der Waals surface area (Å²) < 4.78 is 16.7. The van der Waals surface area contributed by atoms with E-state index >= 15 is 0 Å². The molecule has 2 rings (SSSR count). The minimum atomic E-state index is -1.97. The molecule has 2 nitrogen and oxygen atoms in total. The van der Waals surface area contributed by atoms with Gasteiger partial charge in [0.2, 0.25) is 0 Å². The molecule has 0 saturated heterocycles. The van der Waals surface area contributed by atoms with Gasteiger partial charge < -0.3 is 0 Å². The fraction of sp³-hybridized carbons (Fsp3) is 0.250. The van der Waals surface area contributed by atoms with Crippen molar-refractivity contribution < 1.29 is 4.21 Å². The SMILES string of the molecule is CS1(=O)=Nc2ccc(Br)cc2C1. The second kappa shape index (κ2) is 2.57. The van der Waals surface area contributed by atoms with Gasteiger partial charge in [-0.1, -0.05) is 15.9 Å². The minimum Gasteiger partial charge on any atom is -0.249 e. The van der Waals surface area contributed by atoms with E-state index in [-0.39, 0.29) is 0 Å². The molecule has 1 aliphatic rings. The van der Waals surface area contributed by atoms with Crippen LogP contribution in [-0.4, -0.2) is 10.5 Å². The molecular weight excluding hydrogens is 238 g/mol. The molecule has 12 heavy (non-hydrogen) atoms. The van der Waals surface area contributed by atoms with Crippen LogP contribution in [0.25, 0.3) is 0 Å². The van der Waals surface area contributed by atoms with Gasteiger partial charge in [0.15, 0.2) is 0 Å². The Morgan fingerprint density at radius 2 is 2.33 bits per heavy atom. The van der Waals surface area contributed by atoms with Gasteiger partial charge in [0.05, 0.1) is 21.2 Å². The van der Waals surface area contributed by atoms with Crippen LogP contribution in [0.2, 0.25) is 0 Å². The van der Waals surface area contributed by atoms with Crippen molar-refractivity contribution in [3.63, 3.8) is 0 Å². The highest BCUT2D eigenvalue weighted by Crippen LogP contribution is 2.32. The van der Waals surface area contributed by atoms with Crippen molar-refractivity contribution in [3.8, 4) is 0 Å². The Labute approximate surface area is 80.3 Å². The van der Waals surface area contributed by atoms with Gasteiger partial charge in [-0.15, -0.1) is 0 Å². The van der Waals surface area contributed by atoms with Crippen molar-refractivity contribution in [2.24, 2.45) is 4.36 Å². The number of hydrogen-bond donors (Lipinski definition) is 0. The first-order valence-corrected chi connectivity index (χ1v) is 6.44. The van der Waals surface area contributed by atoms with Crippen molar-refractivity contribution in [3.05, 3.63) is 28.2 Å². The van der Waals surface area contributed by atoms with Crippen LogP contribution in [0.15, 0.2) is 27.0 Å². The van der Waals surface area contributed by atoms with E-state index in [2.05, 4.69) is 20.3 Å². The average Bonchev–Trinajstić information content (AvgIpc) is 2.21. The Balaban J connectivity index is 2.61. The maximum Gasteiger partial charge on any atom is 0.0772 e. The molecule has 1 unspecified atom stereocenters. The molecule has 1 aromatic carbocycles. The van der Waals surface area contributed by atoms with E-state index in [9.17, 15) is 4.21 Å². The molecule has 0 amide bonds. The van der Waals surface area contributed by atoms with Crippen LogP contribution in [0.1, 0.15) is 5.56 Å². The van der Waals surface area contributed by atoms with Gasteiger partial charge in [-0.05, 0) is 23.8 Å². The number of benzene rings is 1. The Morgan fingerprint density at radius 1 is 1.58 bits per heavy atom. The highest BCUT2D eigenvalue weighted by atomic mass is 79.9. The summed E-state index contributed by atoms with van der Waals surface area (Å²) in [5.74, 6) is 0.585. The van der Waals surface area contributed by atoms with Crippen LogP contribution in [0.3, 0.4) is 0 Å². The molecule has 0 radical (unpaired) electrons. The number of halogens is 1. The maximum absolute atomic E-state index is 11.6. The summed E-state index contributed by atoms with van der Waals surface area (Å²) in [5, 5.41) is 0. The number of hydrogen-bond acceptors (Lipinski definition) is 2. The van der Waals surface area contributed by atoms with Gasteiger partial charge in [-0.2, -0.15) is 4.36 Å². The molecule has 0 spiro atoms. The Kier molecular flexibility index (Phi) is 1.77. The van der Waals surface area contributed by atoms with E-state index in [1.165, 1.54) is 0 Å². The fourth-order valence-electron chi connectivity index (χ4n) is 1.29. The normalized spacial score (nSPS) is 26.5. The van der Waals surface area contributed by atoms with E-state index < -0.39 is 9.73 Å². The molecule has 1 aliphatic heterocycles. The van der Waals surface area contributed by atoms with Gasteiger partial charge >= 0.3 is 0 Å². The zero-order valence-corrected chi connectivity index (χ0v) is 8.98. The van der Waals surface area contributed by atoms with Gasteiger partial charge in [-0.25, -0.2) is 4.21 Å². The smallest absolute Gasteiger partial charge is 0.0772 e. The number of nitrogens with zero attached hydrogens (tertiary/aromatic N) is 1. The van der Waals surface area contributed by atoms with Crippen LogP contribution in [-0.2, 0) is 15.5 Å². The first-order chi connectivity index (χ1) is 5.57. The summed E-state index contributed by atoms with van der Waals surface area (Å²) in [6, 6.07) is 5.80. The standard InChI is InChI=1S/C8H8BrNOS/c1-12(11)5-6-4-7(9)2-3-8(6)10-12/h2-4H,5H2,1H3. The topological polar surface area (TPSA) is 29.4 Å². The third kappa shape index (κ3) is 1.41. The van der Waals surface area contributed by atoms with E-state index in [0.29, 0.717) is 5.75 Å². The molecule has 0 bridgehead atoms. The van der Waals surface area contributed by atoms with Crippen molar-refractivity contribution in [1.82, 2.24) is 0 Å². The van der Waals surface area contributed by atoms with Gasteiger partial charge in [-0.3, -0.25) is 0 Å². The molecular formula is C8H8BrNOS. The van der Waals surface area contributed by atoms with E-state index in [1.54, 1.807) is 6.26 Å². The van der Waals surface area contributed by atoms with E-state index in [0.717, 1.165) is 15.7 Å². The first-order valence-electron chi connectivity index (χ1n) is 3.55. The molecule has 0 N–H and O–H groups in total. The average molecular weight is 246 g/mol. The molecule has 1 aromatic rings. The molecule has 0 fully saturated rings. The third-order valence-corrected chi connectivity index (χ3v) is 3.68. The summed E-state index contributed by atoms with van der Waals surface area (Å²) in [6.45, 7) is 0. The molecule has 0 aromatic heterocycles. The Morgan fingerprint density at radius 3 is 3.08 bits per heavy atom. The van der Waals surface area contributed by atoms with Crippen LogP contribution in [0.4, 0.5) is 5.69 Å². The lowest BCUT2D eigenvalue weighted by molar-refractivity contribution is 0.682. The molecule has 1 heterocycles. The predicted molar refractivity (Wildman–Crippen MR) is 54.0 cm³/mol. The van der Waals surface area contributed by atoms with Gasteiger partial charge in [0.25, 0.3) is 0 Å². The van der Waals surface area contributed by atoms with E-state index in [4.69, 9.17) is 0 Å². The van der Waals surface area contributed by atoms with Crippen molar-refractivity contribution in [1.29, 1.82) is 0 Å². The van der Waals surface area contributed by atoms with Crippen LogP contribution in [0.5, 0.6) is 0 Å². The minimum absolute atomic E-state index is 0.585. The van der Waals surface area contributed by atoms with Gasteiger partial charge in [0.1, 0.15) is 0 Å². The van der Waals surface area contributed by atoms with E-state index in [1.807, 2.05) is 18.2 Å². The Bertz CT molecular complexity index is 446. The number of fused-ring (bicyclic) bond motifs is 1. The van der Waals surface area contributed by atoms with Crippen LogP contribution < -0.4 is 0 Å². The second-order valence-corrected chi connectivity index (χ2v) is 6.27. The van der Waals surface area contributed by atoms with Crippen LogP contribution >= 0.6 is 15.9 Å². The summed E-state index contributed by atoms with van der Waals surface area (Å²) in [6.07, 6.45) is 1.70. The largest absolute Gasteiger partial charge is 0.249 e. The lowest BCUT2D eigenvalue weighted by atomic mass is 10.2. The van der Waals surface area contributed by atoms with Gasteiger partial charge in [0, 0.05) is 10.7 Å². The highest BCUT2D eigenvalue weighted by molar-refractivity contribution is 9.10. The predicted octanol–water partition coefficient (Wildman–Crippen LogP) is 2.69. The summed E-state index contributed by atoms with van der Waals surface area (Å²) in [7, 11) is -1.97. The maximum atomic E-state index is 11.6. The van der Waals surface area contributed by atoms with Crippen LogP contribution in [0, 0.1) is 0 Å². The highest BCUT2D eigenvalue weighted by Gasteiger charge is 2.16. The second-order valence-electron chi connectivity index (χ2n) is 2.97. The Hall–Kier alpha value is -0.350. The molecule has 1 atom stereocenters. The molecule has 0 aliphatic carbocycles. The molecule has 64 valence electrons. The van der Waals surface area contributed by atoms with Crippen molar-refractivity contribution in [2.45, 2.75) is 5.75 Å². The lowest BCUT2D eigenvalue weighted by Gasteiger charge is -1.95. The fourth-order valence-corrected chi connectivity index (χ4v) is 3.16. The monoisotopic (exact) mass is 245 g/mol. The summed E-state index contributed by atoms with van der Waals surface area (Å²) in [5.41, 5.74) is 1.96. The molecule has 0 saturated carbocycles. The molecule has 4 heteroatoms. The van der Waals surface area contributed by atoms with Crippen molar-refractivity contribution >= 4 is 31.3 Å². The summed E-state index contributed by atoms with van der Waals surface area (Å²) in [4.78, 5) is 0. The number of rotatable bonds is 0. The zero-order chi connectivity index (χ0) is 8.77. The summed E-state index contributed by atoms with van der Waals surface area (Å²) >= 11 is 3.37. The van der Waals surface area contributed by atoms with Crippen molar-refractivity contribution in [2.75, 3.05) is 6.26 Å². The first kappa shape index (κ1) is 8.26. The lowest BCUT2D eigenvalue weighted by Crippen LogP contribution is -1.93. The quantitative estimate of drug-likeness (QED) is 0.692. The zero-order valence-electron chi connectivity index (χ0n) is 6.58. The third-order valence-electron chi connectivity index (χ3n) is 1.76.